The van der Waals surface area contributed by atoms with Gasteiger partial charge in [-0.3, -0.25) is 0 Å². The molecule has 1 aliphatic heterocycles. The van der Waals surface area contributed by atoms with Gasteiger partial charge in [0.25, 0.3) is 0 Å². The molecule has 3 heterocycles. The van der Waals surface area contributed by atoms with Crippen molar-refractivity contribution in [1.82, 2.24) is 4.57 Å². The smallest absolute Gasteiger partial charge is 0.136 e. The number of benzene rings is 8. The second-order valence-electron chi connectivity index (χ2n) is 16.6. The maximum Gasteiger partial charge on any atom is 0.136 e. The Bertz CT molecular complexity index is 3380. The number of nitrogens with zero attached hydrogens (tertiary/aromatic N) is 2. The van der Waals surface area contributed by atoms with Crippen molar-refractivity contribution < 1.29 is 4.42 Å². The molecule has 1 atom stereocenters. The molecule has 0 spiro atoms. The van der Waals surface area contributed by atoms with E-state index in [1.54, 1.807) is 0 Å². The van der Waals surface area contributed by atoms with Gasteiger partial charge in [0.1, 0.15) is 11.2 Å². The first-order chi connectivity index (χ1) is 30.6. The quantitative estimate of drug-likeness (QED) is 0.151. The van der Waals surface area contributed by atoms with E-state index >= 15 is 0 Å². The zero-order valence-electron chi connectivity index (χ0n) is 35.1. The number of fused-ring (bicyclic) bond motifs is 6. The molecule has 0 bridgehead atoms. The number of furan rings is 1. The van der Waals surface area contributed by atoms with Crippen molar-refractivity contribution in [3.05, 3.63) is 222 Å². The highest BCUT2D eigenvalue weighted by molar-refractivity contribution is 6.16. The lowest BCUT2D eigenvalue weighted by molar-refractivity contribution is 0.669. The van der Waals surface area contributed by atoms with E-state index in [1.165, 1.54) is 49.8 Å². The van der Waals surface area contributed by atoms with Gasteiger partial charge in [0.05, 0.1) is 22.4 Å². The van der Waals surface area contributed by atoms with E-state index in [1.807, 2.05) is 0 Å². The van der Waals surface area contributed by atoms with Gasteiger partial charge in [-0.25, -0.2) is 4.99 Å². The van der Waals surface area contributed by atoms with Gasteiger partial charge in [0.2, 0.25) is 0 Å². The number of aromatic nitrogens is 1. The largest absolute Gasteiger partial charge is 0.456 e. The molecule has 0 radical (unpaired) electrons. The summed E-state index contributed by atoms with van der Waals surface area (Å²) in [5.74, 6) is 0.542. The van der Waals surface area contributed by atoms with Gasteiger partial charge in [-0.2, -0.15) is 0 Å². The van der Waals surface area contributed by atoms with Crippen molar-refractivity contribution >= 4 is 60.7 Å². The fraction of sp³-hybridized carbons (Fsp3) is 0.102. The van der Waals surface area contributed by atoms with Crippen molar-refractivity contribution in [2.45, 2.75) is 39.0 Å². The van der Waals surface area contributed by atoms with Crippen LogP contribution < -0.4 is 0 Å². The van der Waals surface area contributed by atoms with E-state index in [-0.39, 0.29) is 0 Å². The maximum atomic E-state index is 6.56. The van der Waals surface area contributed by atoms with Gasteiger partial charge in [0, 0.05) is 38.4 Å². The lowest BCUT2D eigenvalue weighted by Crippen LogP contribution is -2.02. The molecule has 0 saturated heterocycles. The highest BCUT2D eigenvalue weighted by Crippen LogP contribution is 2.41. The molecule has 2 aromatic heterocycles. The minimum atomic E-state index is 0.542. The van der Waals surface area contributed by atoms with Crippen LogP contribution in [0.2, 0.25) is 0 Å². The Morgan fingerprint density at radius 2 is 1.23 bits per heavy atom. The number of para-hydroxylation sites is 1. The molecule has 62 heavy (non-hydrogen) atoms. The Kier molecular flexibility index (Phi) is 9.58. The van der Waals surface area contributed by atoms with Crippen molar-refractivity contribution in [3.8, 4) is 27.9 Å². The standard InChI is InChI=1S/C59H46N2O/c1-3-39(2)40-27-31-48(32-28-40)61-55-25-11-10-22-50(55)51-36-44(29-33-56(51)61)45-30-34-57-52(37-45)59-49(23-14-26-58(59)62-57)46-20-12-21-47(35-46)53-24-13-19-43(41-15-6-4-7-16-41)38-54(60-53)42-17-8-5-9-18-42/h4-12,14-18,20-39H,3,13,19H2,1-2H3/b43-38-,53-24-,60-54+. The number of hydrogen-bond donors (Lipinski definition) is 0. The van der Waals surface area contributed by atoms with Crippen LogP contribution in [0.1, 0.15) is 61.3 Å². The first-order valence-corrected chi connectivity index (χ1v) is 21.9. The van der Waals surface area contributed by atoms with E-state index in [4.69, 9.17) is 9.41 Å². The molecule has 3 nitrogen and oxygen atoms in total. The van der Waals surface area contributed by atoms with E-state index < -0.39 is 0 Å². The van der Waals surface area contributed by atoms with Crippen LogP contribution in [0.4, 0.5) is 0 Å². The zero-order valence-corrected chi connectivity index (χ0v) is 35.1. The first kappa shape index (κ1) is 37.5. The van der Waals surface area contributed by atoms with Crippen LogP contribution in [-0.4, -0.2) is 10.3 Å². The van der Waals surface area contributed by atoms with Crippen molar-refractivity contribution in [1.29, 1.82) is 0 Å². The van der Waals surface area contributed by atoms with Crippen LogP contribution in [0.3, 0.4) is 0 Å². The summed E-state index contributed by atoms with van der Waals surface area (Å²) in [6, 6.07) is 67.9. The molecule has 0 amide bonds. The summed E-state index contributed by atoms with van der Waals surface area (Å²) in [6.07, 6.45) is 7.54. The van der Waals surface area contributed by atoms with Gasteiger partial charge in [0.15, 0.2) is 0 Å². The SMILES string of the molecule is CCC(C)c1ccc(-n2c3ccccc3c3cc(-c4ccc5oc6cccc(-c7cccc(C8=C/CC/C(c9ccccc9)=C/C(c9ccccc9)=N\8)c7)c6c5c4)ccc32)cc1. The second-order valence-corrected chi connectivity index (χ2v) is 16.6. The van der Waals surface area contributed by atoms with Crippen LogP contribution in [0.25, 0.3) is 83.0 Å². The molecule has 11 rings (SSSR count). The normalized spacial score (nSPS) is 16.3. The Hall–Kier alpha value is -7.49. The number of allylic oxidation sites excluding steroid dienone is 3. The van der Waals surface area contributed by atoms with Crippen molar-refractivity contribution in [2.24, 2.45) is 4.99 Å². The Balaban J connectivity index is 0.990. The first-order valence-electron chi connectivity index (χ1n) is 21.9. The molecule has 1 aliphatic rings. The van der Waals surface area contributed by atoms with Gasteiger partial charge >= 0.3 is 0 Å². The van der Waals surface area contributed by atoms with E-state index in [0.29, 0.717) is 5.92 Å². The third-order valence-electron chi connectivity index (χ3n) is 12.8. The third kappa shape index (κ3) is 6.76. The number of hydrogen-bond acceptors (Lipinski definition) is 2. The Labute approximate surface area is 362 Å². The van der Waals surface area contributed by atoms with Crippen LogP contribution in [-0.2, 0) is 0 Å². The average molecular weight is 799 g/mol. The summed E-state index contributed by atoms with van der Waals surface area (Å²) >= 11 is 0. The minimum Gasteiger partial charge on any atom is -0.456 e. The van der Waals surface area contributed by atoms with E-state index in [9.17, 15) is 0 Å². The van der Waals surface area contributed by atoms with Gasteiger partial charge in [-0.1, -0.05) is 153 Å². The van der Waals surface area contributed by atoms with Crippen LogP contribution in [0.5, 0.6) is 0 Å². The monoisotopic (exact) mass is 798 g/mol. The summed E-state index contributed by atoms with van der Waals surface area (Å²) in [6.45, 7) is 4.55. The Morgan fingerprint density at radius 3 is 2.03 bits per heavy atom. The maximum absolute atomic E-state index is 6.56. The minimum absolute atomic E-state index is 0.542. The molecule has 10 aromatic rings. The topological polar surface area (TPSA) is 30.4 Å². The predicted molar refractivity (Wildman–Crippen MR) is 262 cm³/mol. The van der Waals surface area contributed by atoms with E-state index in [0.717, 1.165) is 80.4 Å². The second kappa shape index (κ2) is 15.8. The van der Waals surface area contributed by atoms with Gasteiger partial charge in [-0.05, 0) is 125 Å². The fourth-order valence-corrected chi connectivity index (χ4v) is 9.34. The molecular weight excluding hydrogens is 753 g/mol. The summed E-state index contributed by atoms with van der Waals surface area (Å²) in [5.41, 5.74) is 18.0. The number of aliphatic imine (C=N–C) groups is 1. The van der Waals surface area contributed by atoms with Crippen LogP contribution >= 0.6 is 0 Å². The molecular formula is C59H46N2O. The van der Waals surface area contributed by atoms with Crippen LogP contribution in [0.15, 0.2) is 210 Å². The highest BCUT2D eigenvalue weighted by Gasteiger charge is 2.18. The van der Waals surface area contributed by atoms with Crippen molar-refractivity contribution in [3.63, 3.8) is 0 Å². The Morgan fingerprint density at radius 1 is 0.548 bits per heavy atom. The lowest BCUT2D eigenvalue weighted by atomic mass is 9.94. The average Bonchev–Trinajstić information content (AvgIpc) is 3.87. The number of rotatable bonds is 8. The summed E-state index contributed by atoms with van der Waals surface area (Å²) in [7, 11) is 0. The van der Waals surface area contributed by atoms with Crippen molar-refractivity contribution in [2.75, 3.05) is 0 Å². The predicted octanol–water partition coefficient (Wildman–Crippen LogP) is 16.2. The summed E-state index contributed by atoms with van der Waals surface area (Å²) in [4.78, 5) is 5.39. The molecule has 0 aliphatic carbocycles. The van der Waals surface area contributed by atoms with Gasteiger partial charge < -0.3 is 8.98 Å². The third-order valence-corrected chi connectivity index (χ3v) is 12.8. The fourth-order valence-electron chi connectivity index (χ4n) is 9.34. The van der Waals surface area contributed by atoms with Gasteiger partial charge in [-0.15, -0.1) is 0 Å². The molecule has 0 saturated carbocycles. The summed E-state index contributed by atoms with van der Waals surface area (Å²) in [5, 5.41) is 4.72. The lowest BCUT2D eigenvalue weighted by Gasteiger charge is -2.15. The van der Waals surface area contributed by atoms with E-state index in [2.05, 4.69) is 219 Å². The van der Waals surface area contributed by atoms with Crippen LogP contribution in [0, 0.1) is 0 Å². The molecule has 298 valence electrons. The zero-order chi connectivity index (χ0) is 41.6. The molecule has 0 fully saturated rings. The molecule has 8 aromatic carbocycles. The highest BCUT2D eigenvalue weighted by atomic mass is 16.3. The molecule has 3 heteroatoms. The summed E-state index contributed by atoms with van der Waals surface area (Å²) < 4.78 is 8.96. The molecule has 1 unspecified atom stereocenters. The molecule has 0 N–H and O–H groups in total.